The van der Waals surface area contributed by atoms with Crippen molar-refractivity contribution in [2.24, 2.45) is 7.05 Å². The van der Waals surface area contributed by atoms with Crippen LogP contribution in [0.15, 0.2) is 84.9 Å². The maximum absolute atomic E-state index is 2.65. The van der Waals surface area contributed by atoms with Crippen LogP contribution in [-0.4, -0.2) is 30.7 Å². The normalized spacial score (nSPS) is 28.1. The molecule has 0 radical (unpaired) electrons. The van der Waals surface area contributed by atoms with Gasteiger partial charge in [-0.25, -0.2) is 0 Å². The summed E-state index contributed by atoms with van der Waals surface area (Å²) in [6, 6.07) is 34.2. The van der Waals surface area contributed by atoms with Crippen LogP contribution in [0, 0.1) is 0 Å². The highest BCUT2D eigenvalue weighted by Gasteiger charge is 2.42. The summed E-state index contributed by atoms with van der Waals surface area (Å²) in [6.45, 7) is 0. The molecule has 6 atom stereocenters. The molecule has 1 aromatic heterocycles. The van der Waals surface area contributed by atoms with Crippen molar-refractivity contribution in [2.45, 2.75) is 80.7 Å². The Morgan fingerprint density at radius 1 is 0.512 bits per heavy atom. The first-order valence-electron chi connectivity index (χ1n) is 16.7. The molecule has 0 bridgehead atoms. The zero-order valence-corrected chi connectivity index (χ0v) is 25.8. The molecule has 2 saturated carbocycles. The molecular weight excluding hydrogens is 522 g/mol. The van der Waals surface area contributed by atoms with Crippen LogP contribution >= 0.6 is 0 Å². The largest absolute Gasteiger partial charge is 0.371 e. The van der Waals surface area contributed by atoms with Crippen molar-refractivity contribution >= 4 is 33.2 Å². The van der Waals surface area contributed by atoms with Gasteiger partial charge in [-0.05, 0) is 103 Å². The van der Waals surface area contributed by atoms with Gasteiger partial charge in [0.2, 0.25) is 0 Å². The summed E-state index contributed by atoms with van der Waals surface area (Å²) in [5.41, 5.74) is 12.0. The fourth-order valence-corrected chi connectivity index (χ4v) is 10.0. The predicted molar refractivity (Wildman–Crippen MR) is 181 cm³/mol. The molecule has 4 aromatic carbocycles. The molecule has 2 aliphatic carbocycles. The Morgan fingerprint density at radius 2 is 1.16 bits per heavy atom. The Balaban J connectivity index is 0.957. The third kappa shape index (κ3) is 3.79. The molecular formula is C40H43N3. The van der Waals surface area contributed by atoms with Gasteiger partial charge in [0.05, 0.1) is 0 Å². The summed E-state index contributed by atoms with van der Waals surface area (Å²) in [6.07, 6.45) is 9.05. The second-order valence-corrected chi connectivity index (χ2v) is 14.2. The van der Waals surface area contributed by atoms with Gasteiger partial charge in [0, 0.05) is 78.2 Å². The van der Waals surface area contributed by atoms with Gasteiger partial charge in [0.25, 0.3) is 0 Å². The first-order chi connectivity index (χ1) is 21.1. The fourth-order valence-electron chi connectivity index (χ4n) is 10.0. The number of nitrogens with zero attached hydrogens (tertiary/aromatic N) is 3. The molecule has 6 unspecified atom stereocenters. The summed E-state index contributed by atoms with van der Waals surface area (Å²) >= 11 is 0. The Kier molecular flexibility index (Phi) is 5.77. The van der Waals surface area contributed by atoms with E-state index in [0.29, 0.717) is 35.8 Å². The highest BCUT2D eigenvalue weighted by molar-refractivity contribution is 6.08. The second-order valence-electron chi connectivity index (χ2n) is 14.2. The van der Waals surface area contributed by atoms with E-state index >= 15 is 0 Å². The predicted octanol–water partition coefficient (Wildman–Crippen LogP) is 9.46. The van der Waals surface area contributed by atoms with Gasteiger partial charge < -0.3 is 14.4 Å². The minimum atomic E-state index is 0.603. The number of hydrogen-bond acceptors (Lipinski definition) is 2. The fraction of sp³-hybridized carbons (Fsp3) is 0.400. The molecule has 43 heavy (non-hydrogen) atoms. The highest BCUT2D eigenvalue weighted by atomic mass is 15.2. The summed E-state index contributed by atoms with van der Waals surface area (Å²) in [4.78, 5) is 5.22. The number of likely N-dealkylation sites (N-methyl/N-ethyl adjacent to an activating group) is 2. The van der Waals surface area contributed by atoms with E-state index in [9.17, 15) is 0 Å². The molecule has 3 heterocycles. The molecule has 3 nitrogen and oxygen atoms in total. The lowest BCUT2D eigenvalue weighted by atomic mass is 9.74. The van der Waals surface area contributed by atoms with Crippen LogP contribution in [0.1, 0.15) is 90.9 Å². The van der Waals surface area contributed by atoms with Crippen LogP contribution in [-0.2, 0) is 7.05 Å². The van der Waals surface area contributed by atoms with Crippen LogP contribution in [0.4, 0.5) is 11.4 Å². The molecule has 4 aliphatic rings. The van der Waals surface area contributed by atoms with Crippen LogP contribution in [0.25, 0.3) is 21.8 Å². The van der Waals surface area contributed by atoms with E-state index < -0.39 is 0 Å². The van der Waals surface area contributed by atoms with Crippen LogP contribution in [0.5, 0.6) is 0 Å². The quantitative estimate of drug-likeness (QED) is 0.211. The number of fused-ring (bicyclic) bond motifs is 9. The Hall–Kier alpha value is -3.72. The summed E-state index contributed by atoms with van der Waals surface area (Å²) in [5, 5.41) is 2.75. The van der Waals surface area contributed by atoms with Gasteiger partial charge in [0.15, 0.2) is 0 Å². The summed E-state index contributed by atoms with van der Waals surface area (Å²) < 4.78 is 2.39. The van der Waals surface area contributed by atoms with Crippen molar-refractivity contribution in [1.82, 2.24) is 4.57 Å². The van der Waals surface area contributed by atoms with Crippen molar-refractivity contribution < 1.29 is 0 Å². The van der Waals surface area contributed by atoms with Gasteiger partial charge >= 0.3 is 0 Å². The lowest BCUT2D eigenvalue weighted by Gasteiger charge is -2.36. The second kappa shape index (κ2) is 9.64. The number of rotatable bonds is 2. The Morgan fingerprint density at radius 3 is 2.07 bits per heavy atom. The minimum Gasteiger partial charge on any atom is -0.371 e. The van der Waals surface area contributed by atoms with Crippen molar-refractivity contribution in [3.63, 3.8) is 0 Å². The number of aromatic nitrogens is 1. The van der Waals surface area contributed by atoms with Crippen molar-refractivity contribution in [3.05, 3.63) is 107 Å². The molecule has 2 aliphatic heterocycles. The van der Waals surface area contributed by atoms with Crippen LogP contribution in [0.2, 0.25) is 0 Å². The van der Waals surface area contributed by atoms with E-state index in [-0.39, 0.29) is 0 Å². The van der Waals surface area contributed by atoms with Gasteiger partial charge in [-0.3, -0.25) is 0 Å². The zero-order valence-electron chi connectivity index (χ0n) is 25.8. The smallest absolute Gasteiger partial charge is 0.0491 e. The molecule has 0 N–H and O–H groups in total. The van der Waals surface area contributed by atoms with Crippen LogP contribution in [0.3, 0.4) is 0 Å². The lowest BCUT2D eigenvalue weighted by molar-refractivity contribution is 0.356. The van der Waals surface area contributed by atoms with E-state index in [1.807, 2.05) is 0 Å². The first-order valence-corrected chi connectivity index (χ1v) is 16.7. The number of para-hydroxylation sites is 2. The maximum Gasteiger partial charge on any atom is 0.0491 e. The first kappa shape index (κ1) is 25.7. The third-order valence-electron chi connectivity index (χ3n) is 12.3. The van der Waals surface area contributed by atoms with Crippen molar-refractivity contribution in [2.75, 3.05) is 23.9 Å². The molecule has 5 aromatic rings. The third-order valence-corrected chi connectivity index (χ3v) is 12.3. The summed E-state index contributed by atoms with van der Waals surface area (Å²) in [5.74, 6) is 2.67. The van der Waals surface area contributed by atoms with E-state index in [2.05, 4.69) is 120 Å². The van der Waals surface area contributed by atoms with Crippen LogP contribution < -0.4 is 9.80 Å². The van der Waals surface area contributed by atoms with E-state index in [0.717, 1.165) is 0 Å². The number of benzene rings is 4. The Bertz CT molecular complexity index is 1870. The van der Waals surface area contributed by atoms with Crippen molar-refractivity contribution in [1.29, 1.82) is 0 Å². The standard InChI is InChI=1S/C40H43N3/c1-41-35-10-6-4-8-29(35)31-17-12-25(15-20-37(31)41)26-16-21-38-34(22-26)33-19-14-28(24-40(33)43(38)3)27-13-18-32-30-9-5-7-11-36(30)42(2)39(32)23-27/h4-11,13,16,18,21-23,25,28,31,33,37,40H,12,14-15,17,19-20,24H2,1-3H3. The van der Waals surface area contributed by atoms with E-state index in [4.69, 9.17) is 0 Å². The average Bonchev–Trinajstić information content (AvgIpc) is 3.51. The highest BCUT2D eigenvalue weighted by Crippen LogP contribution is 2.53. The maximum atomic E-state index is 2.65. The minimum absolute atomic E-state index is 0.603. The van der Waals surface area contributed by atoms with Crippen molar-refractivity contribution in [3.8, 4) is 0 Å². The molecule has 9 rings (SSSR count). The lowest BCUT2D eigenvalue weighted by Crippen LogP contribution is -2.35. The monoisotopic (exact) mass is 565 g/mol. The van der Waals surface area contributed by atoms with Gasteiger partial charge in [-0.15, -0.1) is 0 Å². The number of anilines is 2. The van der Waals surface area contributed by atoms with Gasteiger partial charge in [-0.1, -0.05) is 60.7 Å². The zero-order chi connectivity index (χ0) is 28.8. The molecule has 218 valence electrons. The molecule has 0 saturated heterocycles. The average molecular weight is 566 g/mol. The molecule has 0 amide bonds. The molecule has 2 fully saturated rings. The van der Waals surface area contributed by atoms with Gasteiger partial charge in [0.1, 0.15) is 0 Å². The topological polar surface area (TPSA) is 11.4 Å². The SMILES string of the molecule is CN1c2ccccc2C2CCC(c3ccc4c(c3)C3CCC(c5ccc6c7ccccc7n(C)c6c5)CC3N4C)CCC21. The number of aryl methyl sites for hydroxylation is 1. The van der Waals surface area contributed by atoms with E-state index in [1.165, 1.54) is 83.7 Å². The van der Waals surface area contributed by atoms with E-state index in [1.54, 1.807) is 16.7 Å². The van der Waals surface area contributed by atoms with Gasteiger partial charge in [-0.2, -0.15) is 0 Å². The molecule has 3 heteroatoms. The summed E-state index contributed by atoms with van der Waals surface area (Å²) in [7, 11) is 6.91. The molecule has 0 spiro atoms. The Labute approximate surface area is 256 Å². The number of hydrogen-bond donors (Lipinski definition) is 0.